The van der Waals surface area contributed by atoms with Crippen LogP contribution in [0.25, 0.3) is 156 Å². The number of aromatic nitrogens is 16. The molecule has 17 rings (SSSR count). The zero-order valence-corrected chi connectivity index (χ0v) is 55.5. The molecular weight excluding hydrogens is 1400 g/mol. The van der Waals surface area contributed by atoms with E-state index in [9.17, 15) is 0 Å². The minimum absolute atomic E-state index is 0.800. The van der Waals surface area contributed by atoms with Crippen molar-refractivity contribution >= 4 is 205 Å². The van der Waals surface area contributed by atoms with E-state index in [1.54, 1.807) is 182 Å². The summed E-state index contributed by atoms with van der Waals surface area (Å²) in [7, 11) is 0. The Bertz CT molecular complexity index is 5050. The Labute approximate surface area is 546 Å². The van der Waals surface area contributed by atoms with E-state index in [-0.39, 0.29) is 0 Å². The van der Waals surface area contributed by atoms with Gasteiger partial charge in [0.25, 0.3) is 0 Å². The van der Waals surface area contributed by atoms with E-state index < -0.39 is 0 Å². The molecule has 16 aromatic rings. The zero-order chi connectivity index (χ0) is 56.0. The van der Waals surface area contributed by atoms with Gasteiger partial charge in [-0.05, 0) is 5.41 Å². The highest BCUT2D eigenvalue weighted by atomic mass is 32.2. The van der Waals surface area contributed by atoms with Gasteiger partial charge in [-0.3, -0.25) is 0 Å². The fourth-order valence-electron chi connectivity index (χ4n) is 8.18. The summed E-state index contributed by atoms with van der Waals surface area (Å²) in [6, 6.07) is 0. The van der Waals surface area contributed by atoms with E-state index in [1.165, 1.54) is 11.3 Å². The smallest absolute Gasteiger partial charge is 0.144 e. The van der Waals surface area contributed by atoms with Crippen LogP contribution in [0.5, 0.6) is 0 Å². The SMILES string of the molecule is [c]1csc(-c2csc(-c3csc(-c4csc(-c5csc(-c6csc(-c7csc(-c8csc(-c9csc(-c%10csc(-c%11csc(-c%12csc(-c%13csc(-c%14csc(-c%15csc(C%16=CSCN%16c%16cscn%16)n%15)n%14)n%13)n%12)n%11)n%10)n9)n8)n7)n6)n5)n4)n3)n2)n1. The first-order chi connectivity index (χ1) is 42.0. The molecule has 0 unspecified atom stereocenters. The van der Waals surface area contributed by atoms with E-state index in [2.05, 4.69) is 37.2 Å². The molecule has 0 fully saturated rings. The normalized spacial score (nSPS) is 12.7. The van der Waals surface area contributed by atoms with Crippen LogP contribution >= 0.6 is 193 Å². The van der Waals surface area contributed by atoms with Crippen molar-refractivity contribution in [3.05, 3.63) is 108 Å². The van der Waals surface area contributed by atoms with Crippen LogP contribution in [-0.4, -0.2) is 85.6 Å². The highest BCUT2D eigenvalue weighted by molar-refractivity contribution is 8.02. The van der Waals surface area contributed by atoms with Gasteiger partial charge >= 0.3 is 0 Å². The quantitative estimate of drug-likeness (QED) is 0.0880. The molecule has 0 N–H and O–H groups in total. The van der Waals surface area contributed by atoms with Crippen molar-refractivity contribution in [2.45, 2.75) is 0 Å². The topological polar surface area (TPSA) is 209 Å². The molecule has 0 atom stereocenters. The van der Waals surface area contributed by atoms with Crippen LogP contribution < -0.4 is 4.90 Å². The van der Waals surface area contributed by atoms with E-state index in [0.29, 0.717) is 0 Å². The lowest BCUT2D eigenvalue weighted by Gasteiger charge is -2.16. The van der Waals surface area contributed by atoms with Gasteiger partial charge in [0.2, 0.25) is 0 Å². The second kappa shape index (κ2) is 22.6. The summed E-state index contributed by atoms with van der Waals surface area (Å²) in [5.74, 6) is 1.78. The lowest BCUT2D eigenvalue weighted by Crippen LogP contribution is -2.16. The fourth-order valence-corrected chi connectivity index (χ4v) is 22.0. The van der Waals surface area contributed by atoms with Gasteiger partial charge in [-0.25, -0.2) is 79.7 Å². The van der Waals surface area contributed by atoms with Crippen molar-refractivity contribution in [1.29, 1.82) is 0 Å². The number of thiazole rings is 16. The fraction of sp³-hybridized carbons (Fsp3) is 0.0196. The molecule has 0 aliphatic carbocycles. The van der Waals surface area contributed by atoms with E-state index in [1.807, 2.05) is 80.8 Å². The summed E-state index contributed by atoms with van der Waals surface area (Å²) < 4.78 is 0. The van der Waals surface area contributed by atoms with Gasteiger partial charge in [-0.1, -0.05) is 0 Å². The summed E-state index contributed by atoms with van der Waals surface area (Å²) in [5.41, 5.74) is 14.4. The Hall–Kier alpha value is -6.03. The molecule has 1 radical (unpaired) electrons. The standard InChI is InChI=1S/C51H20N17S17/c1-2-71-37(52-1)21-3-72-38(54-21)22-4-73-39(55-22)23-5-74-40(56-23)24-6-75-41(57-24)25-7-76-42(58-25)26-8-77-43(59-26)27-9-78-44(60-27)28-10-79-45(61-28)29-11-80-46(62-29)30-12-81-47(63-30)31-13-82-48(64-31)32-14-83-49(65-32)33-15-84-50(66-33)34-16-85-51(67-34)35-17-70-20-68(35)36-18-69-19-53-36/h2-19H,20H2. The predicted molar refractivity (Wildman–Crippen MR) is 361 cm³/mol. The molecule has 34 heteroatoms. The Morgan fingerprint density at radius 2 is 0.529 bits per heavy atom. The van der Waals surface area contributed by atoms with Crippen LogP contribution in [0, 0.1) is 6.20 Å². The second-order valence-electron chi connectivity index (χ2n) is 17.4. The van der Waals surface area contributed by atoms with Crippen molar-refractivity contribution in [3.63, 3.8) is 0 Å². The minimum atomic E-state index is 0.800. The van der Waals surface area contributed by atoms with Crippen LogP contribution in [0.2, 0.25) is 0 Å². The maximum atomic E-state index is 4.98. The number of anilines is 1. The Kier molecular flexibility index (Phi) is 14.2. The van der Waals surface area contributed by atoms with Crippen molar-refractivity contribution in [2.24, 2.45) is 0 Å². The van der Waals surface area contributed by atoms with Crippen molar-refractivity contribution in [2.75, 3.05) is 10.8 Å². The molecule has 0 saturated carbocycles. The third-order valence-corrected chi connectivity index (χ3v) is 26.3. The molecule has 17 nitrogen and oxygen atoms in total. The molecule has 0 amide bonds. The first-order valence-electron chi connectivity index (χ1n) is 24.2. The number of hydrogen-bond acceptors (Lipinski definition) is 34. The van der Waals surface area contributed by atoms with E-state index >= 15 is 0 Å². The van der Waals surface area contributed by atoms with Crippen molar-refractivity contribution < 1.29 is 0 Å². The van der Waals surface area contributed by atoms with Gasteiger partial charge in [-0.15, -0.1) is 193 Å². The Balaban J connectivity index is 0.520. The molecule has 16 aromatic heterocycles. The summed E-state index contributed by atoms with van der Waals surface area (Å²) >= 11 is 26.6. The first kappa shape index (κ1) is 53.2. The van der Waals surface area contributed by atoms with Gasteiger partial charge in [0.1, 0.15) is 167 Å². The summed E-state index contributed by atoms with van der Waals surface area (Å²) in [4.78, 5) is 80.1. The Morgan fingerprint density at radius 1 is 0.282 bits per heavy atom. The van der Waals surface area contributed by atoms with E-state index in [0.717, 1.165) is 172 Å². The molecule has 17 heterocycles. The molecular formula is C51H20N17S17. The predicted octanol–water partition coefficient (Wildman–Crippen LogP) is 18.6. The maximum absolute atomic E-state index is 4.98. The lowest BCUT2D eigenvalue weighted by molar-refractivity contribution is 1.14. The molecule has 1 aliphatic rings. The van der Waals surface area contributed by atoms with Crippen LogP contribution in [0.3, 0.4) is 0 Å². The molecule has 411 valence electrons. The van der Waals surface area contributed by atoms with Gasteiger partial charge in [0.15, 0.2) is 0 Å². The second-order valence-corrected chi connectivity index (χ2v) is 31.8. The molecule has 85 heavy (non-hydrogen) atoms. The van der Waals surface area contributed by atoms with E-state index in [4.69, 9.17) is 69.8 Å². The lowest BCUT2D eigenvalue weighted by atomic mass is 10.4. The molecule has 1 aliphatic heterocycles. The number of rotatable bonds is 16. The zero-order valence-electron chi connectivity index (χ0n) is 41.6. The van der Waals surface area contributed by atoms with Gasteiger partial charge < -0.3 is 4.90 Å². The van der Waals surface area contributed by atoms with Gasteiger partial charge in [0.05, 0.1) is 17.1 Å². The van der Waals surface area contributed by atoms with Crippen LogP contribution in [0.1, 0.15) is 5.01 Å². The van der Waals surface area contributed by atoms with Gasteiger partial charge in [0, 0.05) is 86.1 Å². The average Bonchev–Trinajstić information content (AvgIpc) is 4.52. The Morgan fingerprint density at radius 3 is 0.765 bits per heavy atom. The van der Waals surface area contributed by atoms with Crippen LogP contribution in [0.4, 0.5) is 5.82 Å². The summed E-state index contributed by atoms with van der Waals surface area (Å²) in [6.45, 7) is 0. The maximum Gasteiger partial charge on any atom is 0.144 e. The van der Waals surface area contributed by atoms with Crippen LogP contribution in [-0.2, 0) is 0 Å². The monoisotopic (exact) mass is 1410 g/mol. The number of nitrogens with zero attached hydrogens (tertiary/aromatic N) is 17. The van der Waals surface area contributed by atoms with Crippen molar-refractivity contribution in [1.82, 2.24) is 79.7 Å². The largest absolute Gasteiger partial charge is 0.312 e. The number of thioether (sulfide) groups is 1. The first-order valence-corrected chi connectivity index (χ1v) is 39.4. The molecule has 0 bridgehead atoms. The average molecular weight is 1420 g/mol. The van der Waals surface area contributed by atoms with Crippen molar-refractivity contribution in [3.8, 4) is 150 Å². The van der Waals surface area contributed by atoms with Gasteiger partial charge in [-0.2, -0.15) is 0 Å². The van der Waals surface area contributed by atoms with Crippen LogP contribution in [0.15, 0.2) is 97.0 Å². The third-order valence-electron chi connectivity index (χ3n) is 12.1. The summed E-state index contributed by atoms with van der Waals surface area (Å²) in [6.07, 6.45) is 2.86. The molecule has 0 aromatic carbocycles. The highest BCUT2D eigenvalue weighted by Gasteiger charge is 2.26. The number of hydrogen-bond donors (Lipinski definition) is 0. The minimum Gasteiger partial charge on any atom is -0.312 e. The third kappa shape index (κ3) is 10.4. The molecule has 0 spiro atoms. The molecule has 0 saturated heterocycles. The highest BCUT2D eigenvalue weighted by Crippen LogP contribution is 2.43. The summed E-state index contributed by atoms with van der Waals surface area (Å²) in [5, 5.41) is 47.1.